The van der Waals surface area contributed by atoms with Crippen LogP contribution in [0.25, 0.3) is 0 Å². The number of aliphatic imine (C=N–C) groups is 1. The van der Waals surface area contributed by atoms with Crippen molar-refractivity contribution < 1.29 is 0 Å². The number of thioether (sulfide) groups is 1. The fourth-order valence-corrected chi connectivity index (χ4v) is 1.62. The van der Waals surface area contributed by atoms with Gasteiger partial charge < -0.3 is 0 Å². The standard InChI is InChI=1S/C7H11NS/c1-2-3-4-7-8-5-6-9-7/h2H,1,3-6H2. The molecule has 0 N–H and O–H groups in total. The summed E-state index contributed by atoms with van der Waals surface area (Å²) in [6, 6.07) is 0. The minimum atomic E-state index is 1.02. The van der Waals surface area contributed by atoms with Gasteiger partial charge in [-0.25, -0.2) is 0 Å². The third kappa shape index (κ3) is 2.22. The van der Waals surface area contributed by atoms with E-state index in [0.717, 1.165) is 19.4 Å². The van der Waals surface area contributed by atoms with Gasteiger partial charge in [-0.1, -0.05) is 6.08 Å². The lowest BCUT2D eigenvalue weighted by molar-refractivity contribution is 1.09. The molecule has 0 atom stereocenters. The van der Waals surface area contributed by atoms with Crippen molar-refractivity contribution in [3.8, 4) is 0 Å². The Kier molecular flexibility index (Phi) is 2.84. The van der Waals surface area contributed by atoms with E-state index in [2.05, 4.69) is 11.6 Å². The minimum absolute atomic E-state index is 1.02. The Labute approximate surface area is 60.3 Å². The van der Waals surface area contributed by atoms with Crippen molar-refractivity contribution >= 4 is 16.8 Å². The molecule has 0 fully saturated rings. The second kappa shape index (κ2) is 3.72. The molecule has 2 heteroatoms. The van der Waals surface area contributed by atoms with Crippen LogP contribution in [-0.2, 0) is 0 Å². The van der Waals surface area contributed by atoms with Gasteiger partial charge in [-0.05, 0) is 12.8 Å². The maximum atomic E-state index is 4.31. The van der Waals surface area contributed by atoms with Crippen LogP contribution >= 0.6 is 11.8 Å². The van der Waals surface area contributed by atoms with Crippen molar-refractivity contribution in [2.75, 3.05) is 12.3 Å². The Bertz CT molecular complexity index is 129. The Morgan fingerprint density at radius 2 is 2.67 bits per heavy atom. The molecule has 1 heterocycles. The lowest BCUT2D eigenvalue weighted by Crippen LogP contribution is -1.84. The summed E-state index contributed by atoms with van der Waals surface area (Å²) in [6.45, 7) is 4.68. The highest BCUT2D eigenvalue weighted by molar-refractivity contribution is 8.14. The summed E-state index contributed by atoms with van der Waals surface area (Å²) in [5.74, 6) is 1.19. The molecule has 0 radical (unpaired) electrons. The van der Waals surface area contributed by atoms with Crippen LogP contribution in [0.1, 0.15) is 12.8 Å². The minimum Gasteiger partial charge on any atom is -0.282 e. The number of hydrogen-bond donors (Lipinski definition) is 0. The van der Waals surface area contributed by atoms with Gasteiger partial charge in [0.05, 0.1) is 5.04 Å². The van der Waals surface area contributed by atoms with Gasteiger partial charge in [-0.2, -0.15) is 0 Å². The number of nitrogens with zero attached hydrogens (tertiary/aromatic N) is 1. The molecule has 1 rings (SSSR count). The summed E-state index contributed by atoms with van der Waals surface area (Å²) < 4.78 is 0. The summed E-state index contributed by atoms with van der Waals surface area (Å²) in [6.07, 6.45) is 4.13. The van der Waals surface area contributed by atoms with E-state index in [-0.39, 0.29) is 0 Å². The first-order chi connectivity index (χ1) is 4.43. The predicted octanol–water partition coefficient (Wildman–Crippen LogP) is 2.10. The largest absolute Gasteiger partial charge is 0.282 e. The molecule has 1 nitrogen and oxygen atoms in total. The van der Waals surface area contributed by atoms with Crippen LogP contribution < -0.4 is 0 Å². The van der Waals surface area contributed by atoms with E-state index < -0.39 is 0 Å². The molecule has 0 saturated carbocycles. The molecule has 0 aromatic carbocycles. The average Bonchev–Trinajstić information content (AvgIpc) is 2.34. The third-order valence-electron chi connectivity index (χ3n) is 1.21. The third-order valence-corrected chi connectivity index (χ3v) is 2.26. The smallest absolute Gasteiger partial charge is 0.0680 e. The summed E-state index contributed by atoms with van der Waals surface area (Å²) in [7, 11) is 0. The van der Waals surface area contributed by atoms with Crippen LogP contribution in [0, 0.1) is 0 Å². The van der Waals surface area contributed by atoms with Crippen LogP contribution in [0.5, 0.6) is 0 Å². The molecule has 0 bridgehead atoms. The van der Waals surface area contributed by atoms with E-state index in [9.17, 15) is 0 Å². The molecule has 0 spiro atoms. The van der Waals surface area contributed by atoms with Crippen molar-refractivity contribution in [2.24, 2.45) is 4.99 Å². The van der Waals surface area contributed by atoms with Gasteiger partial charge in [0.25, 0.3) is 0 Å². The van der Waals surface area contributed by atoms with Gasteiger partial charge in [-0.3, -0.25) is 4.99 Å². The van der Waals surface area contributed by atoms with E-state index >= 15 is 0 Å². The summed E-state index contributed by atoms with van der Waals surface area (Å²) in [4.78, 5) is 4.31. The molecule has 0 aliphatic carbocycles. The van der Waals surface area contributed by atoms with Gasteiger partial charge in [0.1, 0.15) is 0 Å². The molecule has 1 aliphatic rings. The van der Waals surface area contributed by atoms with E-state index in [4.69, 9.17) is 0 Å². The molecule has 0 aromatic rings. The van der Waals surface area contributed by atoms with Gasteiger partial charge in [-0.15, -0.1) is 18.3 Å². The van der Waals surface area contributed by atoms with Crippen LogP contribution in [0.15, 0.2) is 17.6 Å². The maximum absolute atomic E-state index is 4.31. The lowest BCUT2D eigenvalue weighted by Gasteiger charge is -1.92. The Morgan fingerprint density at radius 3 is 3.22 bits per heavy atom. The van der Waals surface area contributed by atoms with E-state index in [1.807, 2.05) is 17.8 Å². The molecule has 0 aromatic heterocycles. The zero-order valence-corrected chi connectivity index (χ0v) is 6.28. The molecule has 0 unspecified atom stereocenters. The van der Waals surface area contributed by atoms with Gasteiger partial charge in [0.15, 0.2) is 0 Å². The summed E-state index contributed by atoms with van der Waals surface area (Å²) in [5, 5.41) is 1.31. The van der Waals surface area contributed by atoms with Gasteiger partial charge in [0, 0.05) is 12.3 Å². The molecular weight excluding hydrogens is 130 g/mol. The van der Waals surface area contributed by atoms with Gasteiger partial charge >= 0.3 is 0 Å². The molecule has 1 aliphatic heterocycles. The van der Waals surface area contributed by atoms with E-state index in [1.165, 1.54) is 10.8 Å². The predicted molar refractivity (Wildman–Crippen MR) is 44.2 cm³/mol. The summed E-state index contributed by atoms with van der Waals surface area (Å²) >= 11 is 1.88. The van der Waals surface area contributed by atoms with Crippen LogP contribution in [0.3, 0.4) is 0 Å². The zero-order valence-electron chi connectivity index (χ0n) is 5.47. The lowest BCUT2D eigenvalue weighted by atomic mass is 10.3. The zero-order chi connectivity index (χ0) is 6.53. The Morgan fingerprint density at radius 1 is 1.78 bits per heavy atom. The number of allylic oxidation sites excluding steroid dienone is 1. The topological polar surface area (TPSA) is 12.4 Å². The molecule has 9 heavy (non-hydrogen) atoms. The van der Waals surface area contributed by atoms with Crippen LogP contribution in [0.2, 0.25) is 0 Å². The average molecular weight is 141 g/mol. The fourth-order valence-electron chi connectivity index (χ4n) is 0.756. The molecular formula is C7H11NS. The Hall–Kier alpha value is -0.240. The van der Waals surface area contributed by atoms with Crippen molar-refractivity contribution in [2.45, 2.75) is 12.8 Å². The molecule has 50 valence electrons. The maximum Gasteiger partial charge on any atom is 0.0680 e. The fraction of sp³-hybridized carbons (Fsp3) is 0.571. The first-order valence-corrected chi connectivity index (χ1v) is 4.19. The molecule has 0 amide bonds. The first kappa shape index (κ1) is 6.87. The van der Waals surface area contributed by atoms with E-state index in [1.54, 1.807) is 0 Å². The van der Waals surface area contributed by atoms with Crippen LogP contribution in [0.4, 0.5) is 0 Å². The van der Waals surface area contributed by atoms with Crippen molar-refractivity contribution in [3.63, 3.8) is 0 Å². The number of hydrogen-bond acceptors (Lipinski definition) is 2. The van der Waals surface area contributed by atoms with Crippen molar-refractivity contribution in [1.29, 1.82) is 0 Å². The quantitative estimate of drug-likeness (QED) is 0.548. The monoisotopic (exact) mass is 141 g/mol. The summed E-state index contributed by atoms with van der Waals surface area (Å²) in [5.41, 5.74) is 0. The van der Waals surface area contributed by atoms with Crippen molar-refractivity contribution in [3.05, 3.63) is 12.7 Å². The highest BCUT2D eigenvalue weighted by atomic mass is 32.2. The van der Waals surface area contributed by atoms with Crippen molar-refractivity contribution in [1.82, 2.24) is 0 Å². The highest BCUT2D eigenvalue weighted by Gasteiger charge is 2.03. The second-order valence-corrected chi connectivity index (χ2v) is 3.12. The second-order valence-electron chi connectivity index (χ2n) is 1.95. The Balaban J connectivity index is 2.18. The number of rotatable bonds is 3. The molecule has 0 saturated heterocycles. The van der Waals surface area contributed by atoms with Crippen LogP contribution in [-0.4, -0.2) is 17.3 Å². The highest BCUT2D eigenvalue weighted by Crippen LogP contribution is 2.15. The SMILES string of the molecule is C=CCCC1=NCCS1. The van der Waals surface area contributed by atoms with Gasteiger partial charge in [0.2, 0.25) is 0 Å². The first-order valence-electron chi connectivity index (χ1n) is 3.20. The van der Waals surface area contributed by atoms with E-state index in [0.29, 0.717) is 0 Å². The normalized spacial score (nSPS) is 17.6.